The molecule has 1 aliphatic rings. The van der Waals surface area contributed by atoms with Gasteiger partial charge in [0.2, 0.25) is 5.91 Å². The van der Waals surface area contributed by atoms with E-state index >= 15 is 0 Å². The number of aromatic amines is 1. The summed E-state index contributed by atoms with van der Waals surface area (Å²) >= 11 is 0. The van der Waals surface area contributed by atoms with Crippen molar-refractivity contribution >= 4 is 34.8 Å². The number of fused-ring (bicyclic) bond motifs is 1. The standard InChI is InChI=1S/C32H36N6O5/c1-21(2)42-31(41)43-32(24-12-8-5-9-13-24)14-18-38(19-15-32)30(40)26-20-25-28(34-17-16-33-22(3)39)36-27(37-29(25)35-26)23-10-6-4-7-11-23/h4-13,20-21H,14-19H2,1-3H3,(H,33,39)(H2,34,35,36,37). The van der Waals surface area contributed by atoms with E-state index < -0.39 is 11.8 Å². The Morgan fingerprint density at radius 1 is 0.977 bits per heavy atom. The van der Waals surface area contributed by atoms with E-state index in [0.29, 0.717) is 67.4 Å². The summed E-state index contributed by atoms with van der Waals surface area (Å²) in [6.45, 7) is 6.63. The van der Waals surface area contributed by atoms with Crippen LogP contribution >= 0.6 is 0 Å². The molecular weight excluding hydrogens is 548 g/mol. The van der Waals surface area contributed by atoms with Gasteiger partial charge in [-0.1, -0.05) is 60.7 Å². The Morgan fingerprint density at radius 3 is 2.30 bits per heavy atom. The second kappa shape index (κ2) is 12.9. The Hall–Kier alpha value is -4.93. The number of hydrogen-bond donors (Lipinski definition) is 3. The van der Waals surface area contributed by atoms with E-state index in [2.05, 4.69) is 15.6 Å². The van der Waals surface area contributed by atoms with Crippen LogP contribution in [-0.4, -0.2) is 70.1 Å². The zero-order valence-electron chi connectivity index (χ0n) is 24.6. The first kappa shape index (κ1) is 29.6. The molecule has 2 amide bonds. The van der Waals surface area contributed by atoms with Crippen LogP contribution in [0.15, 0.2) is 66.7 Å². The number of ether oxygens (including phenoxy) is 2. The molecule has 5 rings (SSSR count). The third kappa shape index (κ3) is 6.94. The van der Waals surface area contributed by atoms with Crippen molar-refractivity contribution < 1.29 is 23.9 Å². The van der Waals surface area contributed by atoms with Crippen LogP contribution < -0.4 is 10.6 Å². The first-order chi connectivity index (χ1) is 20.7. The van der Waals surface area contributed by atoms with Gasteiger partial charge < -0.3 is 30.0 Å². The van der Waals surface area contributed by atoms with Gasteiger partial charge in [-0.05, 0) is 25.5 Å². The van der Waals surface area contributed by atoms with Gasteiger partial charge >= 0.3 is 6.16 Å². The minimum absolute atomic E-state index is 0.117. The molecule has 0 unspecified atom stereocenters. The molecule has 224 valence electrons. The molecular formula is C32H36N6O5. The molecule has 3 heterocycles. The highest BCUT2D eigenvalue weighted by molar-refractivity contribution is 6.00. The van der Waals surface area contributed by atoms with Crippen molar-refractivity contribution in [2.24, 2.45) is 0 Å². The Labute approximate surface area is 250 Å². The van der Waals surface area contributed by atoms with Crippen molar-refractivity contribution in [1.29, 1.82) is 0 Å². The molecule has 0 spiro atoms. The normalized spacial score (nSPS) is 14.4. The van der Waals surface area contributed by atoms with Crippen LogP contribution in [0, 0.1) is 0 Å². The predicted octanol–water partition coefficient (Wildman–Crippen LogP) is 4.87. The van der Waals surface area contributed by atoms with Crippen molar-refractivity contribution in [3.63, 3.8) is 0 Å². The van der Waals surface area contributed by atoms with Gasteiger partial charge in [0, 0.05) is 51.5 Å². The SMILES string of the molecule is CC(=O)NCCNc1nc(-c2ccccc2)nc2[nH]c(C(=O)N3CCC(OC(=O)OC(C)C)(c4ccccc4)CC3)cc12. The minimum Gasteiger partial charge on any atom is -0.432 e. The van der Waals surface area contributed by atoms with Crippen LogP contribution in [0.1, 0.15) is 49.7 Å². The summed E-state index contributed by atoms with van der Waals surface area (Å²) in [5, 5.41) is 6.71. The van der Waals surface area contributed by atoms with E-state index in [1.807, 2.05) is 60.7 Å². The maximum absolute atomic E-state index is 13.7. The zero-order chi connectivity index (χ0) is 30.4. The predicted molar refractivity (Wildman–Crippen MR) is 162 cm³/mol. The topological polar surface area (TPSA) is 139 Å². The summed E-state index contributed by atoms with van der Waals surface area (Å²) in [6.07, 6.45) is -0.186. The summed E-state index contributed by atoms with van der Waals surface area (Å²) in [5.74, 6) is 0.763. The van der Waals surface area contributed by atoms with Crippen LogP contribution in [-0.2, 0) is 19.9 Å². The number of amides is 2. The van der Waals surface area contributed by atoms with Gasteiger partial charge in [0.15, 0.2) is 5.82 Å². The van der Waals surface area contributed by atoms with Gasteiger partial charge in [-0.15, -0.1) is 0 Å². The number of carbonyl (C=O) groups is 3. The lowest BCUT2D eigenvalue weighted by Crippen LogP contribution is -2.47. The first-order valence-electron chi connectivity index (χ1n) is 14.4. The molecule has 0 saturated carbocycles. The van der Waals surface area contributed by atoms with E-state index in [0.717, 1.165) is 11.1 Å². The summed E-state index contributed by atoms with van der Waals surface area (Å²) in [4.78, 5) is 52.0. The number of H-pyrrole nitrogens is 1. The third-order valence-corrected chi connectivity index (χ3v) is 7.31. The largest absolute Gasteiger partial charge is 0.509 e. The number of aromatic nitrogens is 3. The van der Waals surface area contributed by atoms with Crippen LogP contribution in [0.2, 0.25) is 0 Å². The Bertz CT molecular complexity index is 1580. The molecule has 1 fully saturated rings. The summed E-state index contributed by atoms with van der Waals surface area (Å²) < 4.78 is 11.2. The zero-order valence-corrected chi connectivity index (χ0v) is 24.6. The highest BCUT2D eigenvalue weighted by atomic mass is 16.7. The van der Waals surface area contributed by atoms with Crippen LogP contribution in [0.4, 0.5) is 10.6 Å². The van der Waals surface area contributed by atoms with E-state index in [4.69, 9.17) is 19.4 Å². The first-order valence-corrected chi connectivity index (χ1v) is 14.4. The molecule has 4 aromatic rings. The molecule has 0 atom stereocenters. The van der Waals surface area contributed by atoms with Crippen molar-refractivity contribution in [1.82, 2.24) is 25.2 Å². The molecule has 0 radical (unpaired) electrons. The van der Waals surface area contributed by atoms with Crippen molar-refractivity contribution in [2.45, 2.75) is 45.3 Å². The van der Waals surface area contributed by atoms with Gasteiger partial charge in [0.05, 0.1) is 11.5 Å². The number of likely N-dealkylation sites (tertiary alicyclic amines) is 1. The van der Waals surface area contributed by atoms with Gasteiger partial charge in [-0.2, -0.15) is 0 Å². The maximum Gasteiger partial charge on any atom is 0.509 e. The fourth-order valence-corrected chi connectivity index (χ4v) is 5.20. The lowest BCUT2D eigenvalue weighted by Gasteiger charge is -2.41. The van der Waals surface area contributed by atoms with Gasteiger partial charge in [0.25, 0.3) is 5.91 Å². The highest BCUT2D eigenvalue weighted by Gasteiger charge is 2.42. The molecule has 0 aliphatic carbocycles. The molecule has 1 aliphatic heterocycles. The number of piperidine rings is 1. The molecule has 1 saturated heterocycles. The second-order valence-corrected chi connectivity index (χ2v) is 10.8. The highest BCUT2D eigenvalue weighted by Crippen LogP contribution is 2.38. The molecule has 0 bridgehead atoms. The molecule has 2 aromatic carbocycles. The molecule has 43 heavy (non-hydrogen) atoms. The number of nitrogens with zero attached hydrogens (tertiary/aromatic N) is 3. The Morgan fingerprint density at radius 2 is 1.65 bits per heavy atom. The fourth-order valence-electron chi connectivity index (χ4n) is 5.20. The lowest BCUT2D eigenvalue weighted by atomic mass is 9.84. The monoisotopic (exact) mass is 584 g/mol. The number of carbonyl (C=O) groups excluding carboxylic acids is 3. The van der Waals surface area contributed by atoms with E-state index in [1.165, 1.54) is 6.92 Å². The summed E-state index contributed by atoms with van der Waals surface area (Å²) in [7, 11) is 0. The van der Waals surface area contributed by atoms with Crippen molar-refractivity contribution in [3.8, 4) is 11.4 Å². The third-order valence-electron chi connectivity index (χ3n) is 7.31. The van der Waals surface area contributed by atoms with Crippen LogP contribution in [0.25, 0.3) is 22.4 Å². The average Bonchev–Trinajstić information content (AvgIpc) is 3.44. The second-order valence-electron chi connectivity index (χ2n) is 10.8. The minimum atomic E-state index is -0.897. The molecule has 3 N–H and O–H groups in total. The van der Waals surface area contributed by atoms with E-state index in [-0.39, 0.29) is 17.9 Å². The lowest BCUT2D eigenvalue weighted by molar-refractivity contribution is -0.118. The molecule has 11 heteroatoms. The van der Waals surface area contributed by atoms with E-state index in [9.17, 15) is 14.4 Å². The Balaban J connectivity index is 1.38. The van der Waals surface area contributed by atoms with Crippen LogP contribution in [0.5, 0.6) is 0 Å². The quantitative estimate of drug-likeness (QED) is 0.187. The van der Waals surface area contributed by atoms with Crippen molar-refractivity contribution in [2.75, 3.05) is 31.5 Å². The smallest absolute Gasteiger partial charge is 0.432 e. The van der Waals surface area contributed by atoms with Gasteiger partial charge in [-0.25, -0.2) is 14.8 Å². The molecule has 2 aromatic heterocycles. The summed E-state index contributed by atoms with van der Waals surface area (Å²) in [6, 6.07) is 20.9. The average molecular weight is 585 g/mol. The Kier molecular flexibility index (Phi) is 8.89. The number of rotatable bonds is 9. The van der Waals surface area contributed by atoms with Crippen molar-refractivity contribution in [3.05, 3.63) is 78.0 Å². The number of hydrogen-bond acceptors (Lipinski definition) is 8. The maximum atomic E-state index is 13.7. The molecule has 11 nitrogen and oxygen atoms in total. The van der Waals surface area contributed by atoms with E-state index in [1.54, 1.807) is 24.8 Å². The fraction of sp³-hybridized carbons (Fsp3) is 0.344. The number of nitrogens with one attached hydrogen (secondary N) is 3. The summed E-state index contributed by atoms with van der Waals surface area (Å²) in [5.41, 5.74) is 1.71. The number of benzene rings is 2. The van der Waals surface area contributed by atoms with Gasteiger partial charge in [0.1, 0.15) is 22.8 Å². The van der Waals surface area contributed by atoms with Crippen LogP contribution in [0.3, 0.4) is 0 Å². The number of anilines is 1. The van der Waals surface area contributed by atoms with Gasteiger partial charge in [-0.3, -0.25) is 9.59 Å².